The quantitative estimate of drug-likeness (QED) is 0.260. The molecule has 0 radical (unpaired) electrons. The topological polar surface area (TPSA) is 66.4 Å². The summed E-state index contributed by atoms with van der Waals surface area (Å²) in [4.78, 5) is 24.5. The van der Waals surface area contributed by atoms with Crippen LogP contribution in [0.25, 0.3) is 0 Å². The van der Waals surface area contributed by atoms with Gasteiger partial charge in [-0.2, -0.15) is 0 Å². The van der Waals surface area contributed by atoms with E-state index >= 15 is 0 Å². The van der Waals surface area contributed by atoms with E-state index in [0.29, 0.717) is 12.3 Å². The number of rotatable bonds is 12. The largest absolute Gasteiger partial charge is 0.508 e. The first-order chi connectivity index (χ1) is 15.5. The molecule has 4 heteroatoms. The number of ketones is 1. The number of benzene rings is 1. The van der Waals surface area contributed by atoms with Crippen molar-refractivity contribution in [3.8, 4) is 5.75 Å². The van der Waals surface area contributed by atoms with Crippen molar-refractivity contribution in [2.75, 3.05) is 0 Å². The number of nitrogens with one attached hydrogen (secondary N) is 1. The van der Waals surface area contributed by atoms with Crippen molar-refractivity contribution in [3.05, 3.63) is 102 Å². The predicted octanol–water partition coefficient (Wildman–Crippen LogP) is 5.54. The van der Waals surface area contributed by atoms with Crippen LogP contribution < -0.4 is 5.32 Å². The molecule has 2 rings (SSSR count). The second-order valence-corrected chi connectivity index (χ2v) is 7.94. The molecule has 0 unspecified atom stereocenters. The van der Waals surface area contributed by atoms with E-state index in [0.717, 1.165) is 24.8 Å². The lowest BCUT2D eigenvalue weighted by molar-refractivity contribution is -0.120. The summed E-state index contributed by atoms with van der Waals surface area (Å²) in [6, 6.07) is 6.61. The molecule has 1 amide bonds. The normalized spacial score (nSPS) is 17.9. The predicted molar refractivity (Wildman–Crippen MR) is 131 cm³/mol. The lowest BCUT2D eigenvalue weighted by atomic mass is 10.0. The first-order valence-corrected chi connectivity index (χ1v) is 11.1. The summed E-state index contributed by atoms with van der Waals surface area (Å²) in [5, 5.41) is 12.2. The fourth-order valence-electron chi connectivity index (χ4n) is 3.29. The van der Waals surface area contributed by atoms with Gasteiger partial charge in [-0.1, -0.05) is 73.7 Å². The van der Waals surface area contributed by atoms with E-state index in [-0.39, 0.29) is 29.1 Å². The van der Waals surface area contributed by atoms with Crippen LogP contribution in [-0.2, 0) is 16.0 Å². The fraction of sp³-hybridized carbons (Fsp3) is 0.286. The summed E-state index contributed by atoms with van der Waals surface area (Å²) in [6.45, 7) is 4.22. The van der Waals surface area contributed by atoms with Gasteiger partial charge in [0.25, 0.3) is 5.91 Å². The van der Waals surface area contributed by atoms with Crippen molar-refractivity contribution in [1.82, 2.24) is 5.32 Å². The van der Waals surface area contributed by atoms with E-state index in [1.165, 1.54) is 6.08 Å². The average Bonchev–Trinajstić information content (AvgIpc) is 3.14. The third-order valence-corrected chi connectivity index (χ3v) is 5.11. The number of allylic oxidation sites excluding steroid dienone is 10. The van der Waals surface area contributed by atoms with Crippen molar-refractivity contribution >= 4 is 11.7 Å². The standard InChI is InChI=1S/C28H33NO3/c1-3-4-5-6-7-10-13-22(2)14-11-8-9-12-15-27(31)26-21-24(29-28(26)32)20-23-16-18-25(30)19-17-23/h3-10,12,15-19,21-22,24,30H,11,13-14,20H2,1-2H3,(H,29,32)/b4-3+,6-5+,9-8+,10-7+,15-12+/t22-,24-/m0/s1. The Morgan fingerprint density at radius 3 is 2.53 bits per heavy atom. The molecule has 1 aromatic rings. The number of carbonyl (C=O) groups excluding carboxylic acids is 2. The van der Waals surface area contributed by atoms with Crippen molar-refractivity contribution < 1.29 is 14.7 Å². The van der Waals surface area contributed by atoms with Crippen LogP contribution in [0.15, 0.2) is 96.7 Å². The van der Waals surface area contributed by atoms with E-state index in [9.17, 15) is 14.7 Å². The van der Waals surface area contributed by atoms with Gasteiger partial charge in [-0.3, -0.25) is 9.59 Å². The highest BCUT2D eigenvalue weighted by molar-refractivity contribution is 6.24. The number of phenols is 1. The second-order valence-electron chi connectivity index (χ2n) is 7.94. The Morgan fingerprint density at radius 2 is 1.78 bits per heavy atom. The SMILES string of the molecule is C/C=C/C=C/C=C/C[C@H](C)CC/C=C/C=C/C(=O)C1=C[C@H](Cc2ccc(O)cc2)NC1=O. The first kappa shape index (κ1) is 24.9. The van der Waals surface area contributed by atoms with Crippen LogP contribution in [0.5, 0.6) is 5.75 Å². The van der Waals surface area contributed by atoms with Gasteiger partial charge in [-0.15, -0.1) is 0 Å². The summed E-state index contributed by atoms with van der Waals surface area (Å²) in [5.41, 5.74) is 1.16. The Balaban J connectivity index is 1.73. The number of hydrogen-bond donors (Lipinski definition) is 2. The molecule has 32 heavy (non-hydrogen) atoms. The average molecular weight is 432 g/mol. The molecule has 0 aliphatic carbocycles. The molecule has 0 bridgehead atoms. The fourth-order valence-corrected chi connectivity index (χ4v) is 3.29. The number of carbonyl (C=O) groups is 2. The number of aromatic hydroxyl groups is 1. The van der Waals surface area contributed by atoms with Gasteiger partial charge in [-0.05, 0) is 68.4 Å². The maximum absolute atomic E-state index is 12.4. The van der Waals surface area contributed by atoms with E-state index in [1.54, 1.807) is 36.4 Å². The summed E-state index contributed by atoms with van der Waals surface area (Å²) >= 11 is 0. The van der Waals surface area contributed by atoms with Crippen LogP contribution in [0, 0.1) is 5.92 Å². The monoisotopic (exact) mass is 431 g/mol. The lowest BCUT2D eigenvalue weighted by Gasteiger charge is -2.08. The van der Waals surface area contributed by atoms with E-state index in [1.807, 2.05) is 43.4 Å². The molecular weight excluding hydrogens is 398 g/mol. The van der Waals surface area contributed by atoms with Crippen LogP contribution in [0.4, 0.5) is 0 Å². The van der Waals surface area contributed by atoms with Gasteiger partial charge in [0.05, 0.1) is 11.6 Å². The molecule has 1 heterocycles. The van der Waals surface area contributed by atoms with Gasteiger partial charge in [0.2, 0.25) is 0 Å². The smallest absolute Gasteiger partial charge is 0.255 e. The minimum Gasteiger partial charge on any atom is -0.508 e. The molecule has 0 fully saturated rings. The Morgan fingerprint density at radius 1 is 1.06 bits per heavy atom. The number of hydrogen-bond acceptors (Lipinski definition) is 3. The molecule has 0 spiro atoms. The Hall–Kier alpha value is -3.40. The Bertz CT molecular complexity index is 930. The van der Waals surface area contributed by atoms with E-state index in [2.05, 4.69) is 24.4 Å². The van der Waals surface area contributed by atoms with E-state index in [4.69, 9.17) is 0 Å². The maximum Gasteiger partial charge on any atom is 0.255 e. The molecule has 1 aromatic carbocycles. The van der Waals surface area contributed by atoms with Crippen LogP contribution in [0.1, 0.15) is 38.7 Å². The van der Waals surface area contributed by atoms with Crippen molar-refractivity contribution in [3.63, 3.8) is 0 Å². The van der Waals surface area contributed by atoms with Crippen molar-refractivity contribution in [2.45, 2.75) is 45.6 Å². The highest BCUT2D eigenvalue weighted by Crippen LogP contribution is 2.16. The second kappa shape index (κ2) is 13.8. The van der Waals surface area contributed by atoms with Gasteiger partial charge in [0.1, 0.15) is 5.75 Å². The van der Waals surface area contributed by atoms with E-state index < -0.39 is 0 Å². The molecule has 0 saturated carbocycles. The zero-order valence-corrected chi connectivity index (χ0v) is 18.9. The van der Waals surface area contributed by atoms with Gasteiger partial charge in [-0.25, -0.2) is 0 Å². The molecule has 2 atom stereocenters. The van der Waals surface area contributed by atoms with Gasteiger partial charge in [0.15, 0.2) is 5.78 Å². The minimum atomic E-state index is -0.338. The molecule has 1 aliphatic heterocycles. The minimum absolute atomic E-state index is 0.183. The molecular formula is C28H33NO3. The maximum atomic E-state index is 12.4. The highest BCUT2D eigenvalue weighted by Gasteiger charge is 2.26. The number of phenolic OH excluding ortho intramolecular Hbond substituents is 1. The number of amides is 1. The third-order valence-electron chi connectivity index (χ3n) is 5.11. The summed E-state index contributed by atoms with van der Waals surface area (Å²) in [6.07, 6.45) is 24.7. The van der Waals surface area contributed by atoms with Crippen LogP contribution in [0.2, 0.25) is 0 Å². The van der Waals surface area contributed by atoms with Gasteiger partial charge < -0.3 is 10.4 Å². The third kappa shape index (κ3) is 9.17. The Kier molecular flexibility index (Phi) is 10.7. The zero-order chi connectivity index (χ0) is 23.2. The lowest BCUT2D eigenvalue weighted by Crippen LogP contribution is -2.29. The van der Waals surface area contributed by atoms with Crippen molar-refractivity contribution in [2.24, 2.45) is 5.92 Å². The molecule has 1 aliphatic rings. The Labute approximate surface area is 191 Å². The molecule has 0 aromatic heterocycles. The zero-order valence-electron chi connectivity index (χ0n) is 18.9. The summed E-state index contributed by atoms with van der Waals surface area (Å²) in [5.74, 6) is 0.169. The highest BCUT2D eigenvalue weighted by atomic mass is 16.3. The van der Waals surface area contributed by atoms with Crippen LogP contribution in [0.3, 0.4) is 0 Å². The van der Waals surface area contributed by atoms with Crippen molar-refractivity contribution in [1.29, 1.82) is 0 Å². The first-order valence-electron chi connectivity index (χ1n) is 11.1. The van der Waals surface area contributed by atoms with Crippen LogP contribution >= 0.6 is 0 Å². The van der Waals surface area contributed by atoms with Gasteiger partial charge >= 0.3 is 0 Å². The summed E-state index contributed by atoms with van der Waals surface area (Å²) in [7, 11) is 0. The molecule has 2 N–H and O–H groups in total. The molecule has 4 nitrogen and oxygen atoms in total. The molecule has 0 saturated heterocycles. The van der Waals surface area contributed by atoms with Crippen LogP contribution in [-0.4, -0.2) is 22.8 Å². The molecule has 168 valence electrons. The van der Waals surface area contributed by atoms with Gasteiger partial charge in [0, 0.05) is 0 Å². The summed E-state index contributed by atoms with van der Waals surface area (Å²) < 4.78 is 0.